The molecule has 0 unspecified atom stereocenters. The standard InChI is InChI=1S/C20H23F3N8O2S/c1-3-4-11-9-12-16(30-6-7-31(13(24)10-30)19(25)20(21,22)23)26-15(27-18(12)34-11)17-29-28-14(33-17)5-8-32-2/h9,24-25H,3-8,10H2,1-2H3. The summed E-state index contributed by atoms with van der Waals surface area (Å²) in [6.07, 6.45) is -2.59. The summed E-state index contributed by atoms with van der Waals surface area (Å²) in [5.74, 6) is -0.668. The highest BCUT2D eigenvalue weighted by molar-refractivity contribution is 7.18. The number of nitrogens with zero attached hydrogens (tertiary/aromatic N) is 6. The van der Waals surface area contributed by atoms with Crippen molar-refractivity contribution in [3.63, 3.8) is 0 Å². The Hall–Kier alpha value is -3.13. The van der Waals surface area contributed by atoms with Crippen molar-refractivity contribution in [3.05, 3.63) is 16.8 Å². The number of methoxy groups -OCH3 is 1. The van der Waals surface area contributed by atoms with Gasteiger partial charge in [0.25, 0.3) is 5.89 Å². The van der Waals surface area contributed by atoms with Gasteiger partial charge in [-0.25, -0.2) is 9.97 Å². The lowest BCUT2D eigenvalue weighted by molar-refractivity contribution is -0.0671. The molecule has 0 saturated carbocycles. The van der Waals surface area contributed by atoms with E-state index < -0.39 is 12.0 Å². The number of thiophene rings is 1. The lowest BCUT2D eigenvalue weighted by Crippen LogP contribution is -2.55. The normalized spacial score (nSPS) is 14.9. The second-order valence-electron chi connectivity index (χ2n) is 7.66. The Bertz CT molecular complexity index is 1210. The van der Waals surface area contributed by atoms with E-state index in [-0.39, 0.29) is 37.2 Å². The van der Waals surface area contributed by atoms with E-state index in [1.807, 2.05) is 6.07 Å². The SMILES string of the molecule is CCCc1cc2c(N3CCN(C(=N)C(F)(F)F)C(=N)C3)nc(-c3nnc(CCOC)o3)nc2s1. The van der Waals surface area contributed by atoms with Crippen molar-refractivity contribution in [2.75, 3.05) is 38.3 Å². The van der Waals surface area contributed by atoms with Gasteiger partial charge in [-0.3, -0.25) is 10.8 Å². The summed E-state index contributed by atoms with van der Waals surface area (Å²) >= 11 is 1.50. The number of halogens is 3. The molecule has 0 bridgehead atoms. The van der Waals surface area contributed by atoms with Gasteiger partial charge >= 0.3 is 6.18 Å². The van der Waals surface area contributed by atoms with Gasteiger partial charge in [-0.05, 0) is 12.5 Å². The molecule has 34 heavy (non-hydrogen) atoms. The Balaban J connectivity index is 1.69. The molecule has 0 spiro atoms. The summed E-state index contributed by atoms with van der Waals surface area (Å²) in [6, 6.07) is 1.98. The van der Waals surface area contributed by atoms with Crippen molar-refractivity contribution < 1.29 is 22.3 Å². The molecule has 1 fully saturated rings. The molecule has 14 heteroatoms. The number of rotatable bonds is 7. The first-order valence-corrected chi connectivity index (χ1v) is 11.4. The molecule has 0 radical (unpaired) electrons. The number of aromatic nitrogens is 4. The number of ether oxygens (including phenoxy) is 1. The van der Waals surface area contributed by atoms with Crippen LogP contribution in [-0.2, 0) is 17.6 Å². The molecule has 4 heterocycles. The summed E-state index contributed by atoms with van der Waals surface area (Å²) in [5, 5.41) is 24.3. The van der Waals surface area contributed by atoms with E-state index in [2.05, 4.69) is 27.1 Å². The average Bonchev–Trinajstić information content (AvgIpc) is 3.42. The van der Waals surface area contributed by atoms with Gasteiger partial charge in [-0.2, -0.15) is 13.2 Å². The Kier molecular flexibility index (Phi) is 6.79. The van der Waals surface area contributed by atoms with Crippen molar-refractivity contribution in [3.8, 4) is 11.7 Å². The van der Waals surface area contributed by atoms with Gasteiger partial charge in [0.15, 0.2) is 0 Å². The van der Waals surface area contributed by atoms with Crippen LogP contribution in [0, 0.1) is 10.8 Å². The molecule has 182 valence electrons. The van der Waals surface area contributed by atoms with Gasteiger partial charge in [-0.1, -0.05) is 13.3 Å². The summed E-state index contributed by atoms with van der Waals surface area (Å²) in [7, 11) is 1.57. The maximum Gasteiger partial charge on any atom is 0.449 e. The van der Waals surface area contributed by atoms with Crippen molar-refractivity contribution in [2.24, 2.45) is 0 Å². The molecule has 0 aliphatic carbocycles. The summed E-state index contributed by atoms with van der Waals surface area (Å²) in [6.45, 7) is 2.34. The number of amidine groups is 2. The van der Waals surface area contributed by atoms with Gasteiger partial charge in [0.05, 0.1) is 18.5 Å². The number of fused-ring (bicyclic) bond motifs is 1. The largest absolute Gasteiger partial charge is 0.449 e. The van der Waals surface area contributed by atoms with Crippen molar-refractivity contribution in [2.45, 2.75) is 32.4 Å². The molecule has 3 aromatic heterocycles. The van der Waals surface area contributed by atoms with Crippen LogP contribution in [0.5, 0.6) is 0 Å². The Morgan fingerprint density at radius 1 is 1.24 bits per heavy atom. The van der Waals surface area contributed by atoms with Gasteiger partial charge < -0.3 is 19.0 Å². The number of aryl methyl sites for hydroxylation is 1. The van der Waals surface area contributed by atoms with E-state index in [4.69, 9.17) is 20.0 Å². The first-order chi connectivity index (χ1) is 16.2. The highest BCUT2D eigenvalue weighted by atomic mass is 32.1. The van der Waals surface area contributed by atoms with Gasteiger partial charge in [0, 0.05) is 31.5 Å². The zero-order valence-corrected chi connectivity index (χ0v) is 19.4. The van der Waals surface area contributed by atoms with Crippen molar-refractivity contribution >= 4 is 39.0 Å². The third-order valence-corrected chi connectivity index (χ3v) is 6.28. The van der Waals surface area contributed by atoms with E-state index in [1.54, 1.807) is 12.0 Å². The molecule has 0 aromatic carbocycles. The number of anilines is 1. The first-order valence-electron chi connectivity index (χ1n) is 10.6. The predicted octanol–water partition coefficient (Wildman–Crippen LogP) is 3.52. The maximum absolute atomic E-state index is 13.0. The Labute approximate surface area is 196 Å². The van der Waals surface area contributed by atoms with E-state index in [0.717, 1.165) is 23.1 Å². The minimum atomic E-state index is -4.81. The van der Waals surface area contributed by atoms with Crippen LogP contribution in [0.1, 0.15) is 24.1 Å². The van der Waals surface area contributed by atoms with Crippen LogP contribution in [0.2, 0.25) is 0 Å². The molecular weight excluding hydrogens is 473 g/mol. The molecule has 1 aliphatic heterocycles. The highest BCUT2D eigenvalue weighted by Crippen LogP contribution is 2.34. The van der Waals surface area contributed by atoms with E-state index in [0.29, 0.717) is 34.5 Å². The van der Waals surface area contributed by atoms with E-state index in [9.17, 15) is 13.2 Å². The second-order valence-corrected chi connectivity index (χ2v) is 8.78. The van der Waals surface area contributed by atoms with Crippen LogP contribution < -0.4 is 4.90 Å². The van der Waals surface area contributed by atoms with Crippen LogP contribution >= 0.6 is 11.3 Å². The van der Waals surface area contributed by atoms with Crippen LogP contribution in [0.4, 0.5) is 19.0 Å². The van der Waals surface area contributed by atoms with Gasteiger partial charge in [0.1, 0.15) is 16.5 Å². The molecular formula is C20H23F3N8O2S. The van der Waals surface area contributed by atoms with E-state index >= 15 is 0 Å². The predicted molar refractivity (Wildman–Crippen MR) is 121 cm³/mol. The summed E-state index contributed by atoms with van der Waals surface area (Å²) in [5.41, 5.74) is 0. The molecule has 1 aliphatic rings. The third kappa shape index (κ3) is 4.87. The van der Waals surface area contributed by atoms with Crippen LogP contribution in [0.25, 0.3) is 21.9 Å². The van der Waals surface area contributed by atoms with Crippen molar-refractivity contribution in [1.82, 2.24) is 25.1 Å². The molecule has 4 rings (SSSR count). The first kappa shape index (κ1) is 24.0. The molecule has 0 atom stereocenters. The topological polar surface area (TPSA) is 128 Å². The fourth-order valence-electron chi connectivity index (χ4n) is 3.58. The van der Waals surface area contributed by atoms with Crippen LogP contribution in [0.15, 0.2) is 10.5 Å². The minimum absolute atomic E-state index is 0.132. The van der Waals surface area contributed by atoms with Crippen LogP contribution in [-0.4, -0.2) is 76.3 Å². The van der Waals surface area contributed by atoms with Gasteiger partial charge in [-0.15, -0.1) is 21.5 Å². The average molecular weight is 497 g/mol. The monoisotopic (exact) mass is 496 g/mol. The number of alkyl halides is 3. The summed E-state index contributed by atoms with van der Waals surface area (Å²) in [4.78, 5) is 13.4. The maximum atomic E-state index is 13.0. The zero-order valence-electron chi connectivity index (χ0n) is 18.6. The van der Waals surface area contributed by atoms with Gasteiger partial charge in [0.2, 0.25) is 17.6 Å². The number of hydrogen-bond donors (Lipinski definition) is 2. The fourth-order valence-corrected chi connectivity index (χ4v) is 4.70. The molecule has 2 N–H and O–H groups in total. The zero-order chi connectivity index (χ0) is 24.5. The smallest absolute Gasteiger partial charge is 0.418 e. The lowest BCUT2D eigenvalue weighted by Gasteiger charge is -2.37. The Morgan fingerprint density at radius 2 is 2.03 bits per heavy atom. The van der Waals surface area contributed by atoms with Crippen molar-refractivity contribution in [1.29, 1.82) is 10.8 Å². The lowest BCUT2D eigenvalue weighted by atomic mass is 10.2. The number of hydrogen-bond acceptors (Lipinski definition) is 10. The quantitative estimate of drug-likeness (QED) is 0.376. The summed E-state index contributed by atoms with van der Waals surface area (Å²) < 4.78 is 49.7. The fraction of sp³-hybridized carbons (Fsp3) is 0.500. The molecule has 10 nitrogen and oxygen atoms in total. The number of nitrogens with one attached hydrogen (secondary N) is 2. The third-order valence-electron chi connectivity index (χ3n) is 5.20. The molecule has 1 saturated heterocycles. The van der Waals surface area contributed by atoms with Crippen LogP contribution in [0.3, 0.4) is 0 Å². The minimum Gasteiger partial charge on any atom is -0.418 e. The Morgan fingerprint density at radius 3 is 2.71 bits per heavy atom. The number of piperazine rings is 1. The van der Waals surface area contributed by atoms with E-state index in [1.165, 1.54) is 11.3 Å². The molecule has 3 aromatic rings. The highest BCUT2D eigenvalue weighted by Gasteiger charge is 2.41. The second kappa shape index (κ2) is 9.62. The molecule has 0 amide bonds.